The van der Waals surface area contributed by atoms with Crippen molar-refractivity contribution in [1.29, 1.82) is 0 Å². The first-order valence-corrected chi connectivity index (χ1v) is 8.19. The Balaban J connectivity index is 0.000000173. The highest BCUT2D eigenvalue weighted by Gasteiger charge is 2.09. The second-order valence-corrected chi connectivity index (χ2v) is 5.91. The molecule has 0 fully saturated rings. The molecule has 3 nitrogen and oxygen atoms in total. The van der Waals surface area contributed by atoms with Crippen LogP contribution in [-0.4, -0.2) is 12.2 Å². The van der Waals surface area contributed by atoms with Crippen molar-refractivity contribution in [2.24, 2.45) is 11.7 Å². The van der Waals surface area contributed by atoms with Crippen LogP contribution in [0, 0.1) is 5.92 Å². The Hall–Kier alpha value is -3.20. The number of nitrogens with two attached hydrogens (primary N) is 1. The van der Waals surface area contributed by atoms with Crippen LogP contribution in [0.3, 0.4) is 0 Å². The molecule has 3 heteroatoms. The summed E-state index contributed by atoms with van der Waals surface area (Å²) < 4.78 is 0. The molecule has 0 aliphatic heterocycles. The number of carbonyl (C=O) groups excluding carboxylic acids is 2. The Kier molecular flexibility index (Phi) is 5.05. The third-order valence-corrected chi connectivity index (χ3v) is 4.27. The van der Waals surface area contributed by atoms with Gasteiger partial charge >= 0.3 is 0 Å². The van der Waals surface area contributed by atoms with E-state index in [1.165, 1.54) is 5.39 Å². The average Bonchev–Trinajstić information content (AvgIpc) is 2.68. The number of amides is 1. The van der Waals surface area contributed by atoms with E-state index in [2.05, 4.69) is 12.1 Å². The Bertz CT molecular complexity index is 986. The lowest BCUT2D eigenvalue weighted by atomic mass is 9.98. The Morgan fingerprint density at radius 1 is 0.960 bits per heavy atom. The van der Waals surface area contributed by atoms with Crippen molar-refractivity contribution in [2.45, 2.75) is 6.42 Å². The number of rotatable bonds is 2. The summed E-state index contributed by atoms with van der Waals surface area (Å²) >= 11 is 0. The zero-order valence-corrected chi connectivity index (χ0v) is 13.8. The highest BCUT2D eigenvalue weighted by molar-refractivity contribution is 6.13. The first-order valence-electron chi connectivity index (χ1n) is 8.19. The van der Waals surface area contributed by atoms with Gasteiger partial charge < -0.3 is 5.73 Å². The molecule has 3 aromatic carbocycles. The number of benzene rings is 3. The molecule has 1 aliphatic rings. The number of hydrogen-bond acceptors (Lipinski definition) is 2. The number of allylic oxidation sites excluding steroid dienone is 3. The Morgan fingerprint density at radius 3 is 2.24 bits per heavy atom. The van der Waals surface area contributed by atoms with E-state index in [0.717, 1.165) is 34.4 Å². The molecule has 3 aromatic rings. The SMILES string of the molecule is NC(=O)C1C=CC=CC1.O=Cc1cc2ccccc2c2ccccc12. The summed E-state index contributed by atoms with van der Waals surface area (Å²) in [6.45, 7) is 0. The standard InChI is InChI=1S/C15H10O.C7H9NO/c16-10-12-9-11-5-1-2-6-13(11)15-8-4-3-7-14(12)15;8-7(9)6-4-2-1-3-5-6/h1-10H;1-4,6H,5H2,(H2,8,9). The van der Waals surface area contributed by atoms with Gasteiger partial charge in [-0.2, -0.15) is 0 Å². The fraction of sp³-hybridized carbons (Fsp3) is 0.0909. The molecule has 124 valence electrons. The van der Waals surface area contributed by atoms with E-state index < -0.39 is 0 Å². The third kappa shape index (κ3) is 3.66. The molecule has 1 amide bonds. The predicted molar refractivity (Wildman–Crippen MR) is 102 cm³/mol. The molecule has 25 heavy (non-hydrogen) atoms. The first kappa shape index (κ1) is 16.7. The second-order valence-electron chi connectivity index (χ2n) is 5.91. The lowest BCUT2D eigenvalue weighted by Gasteiger charge is -2.06. The number of primary amides is 1. The van der Waals surface area contributed by atoms with Crippen molar-refractivity contribution in [2.75, 3.05) is 0 Å². The quantitative estimate of drug-likeness (QED) is 0.559. The highest BCUT2D eigenvalue weighted by atomic mass is 16.1. The van der Waals surface area contributed by atoms with Crippen LogP contribution < -0.4 is 5.73 Å². The van der Waals surface area contributed by atoms with Gasteiger partial charge in [0.25, 0.3) is 0 Å². The molecular formula is C22H19NO2. The normalized spacial score (nSPS) is 15.6. The van der Waals surface area contributed by atoms with Gasteiger partial charge in [0.1, 0.15) is 0 Å². The molecule has 0 radical (unpaired) electrons. The second kappa shape index (κ2) is 7.58. The maximum absolute atomic E-state index is 11.1. The van der Waals surface area contributed by atoms with Crippen LogP contribution in [0.1, 0.15) is 16.8 Å². The summed E-state index contributed by atoms with van der Waals surface area (Å²) in [4.78, 5) is 21.6. The molecular weight excluding hydrogens is 310 g/mol. The molecule has 1 atom stereocenters. The lowest BCUT2D eigenvalue weighted by Crippen LogP contribution is -2.21. The fourth-order valence-corrected chi connectivity index (χ4v) is 2.97. The summed E-state index contributed by atoms with van der Waals surface area (Å²) in [6, 6.07) is 18.1. The number of aldehydes is 1. The van der Waals surface area contributed by atoms with Crippen molar-refractivity contribution in [3.05, 3.63) is 84.5 Å². The minimum Gasteiger partial charge on any atom is -0.369 e. The zero-order valence-electron chi connectivity index (χ0n) is 13.8. The topological polar surface area (TPSA) is 60.2 Å². The van der Waals surface area contributed by atoms with Gasteiger partial charge in [-0.15, -0.1) is 0 Å². The number of hydrogen-bond donors (Lipinski definition) is 1. The van der Waals surface area contributed by atoms with Crippen molar-refractivity contribution >= 4 is 33.7 Å². The van der Waals surface area contributed by atoms with Gasteiger partial charge in [-0.05, 0) is 34.0 Å². The molecule has 0 heterocycles. The number of carbonyl (C=O) groups is 2. The van der Waals surface area contributed by atoms with Gasteiger partial charge in [0.2, 0.25) is 5.91 Å². The molecule has 1 aliphatic carbocycles. The highest BCUT2D eigenvalue weighted by Crippen LogP contribution is 2.27. The van der Waals surface area contributed by atoms with Crippen LogP contribution in [0.4, 0.5) is 0 Å². The van der Waals surface area contributed by atoms with Crippen LogP contribution in [0.15, 0.2) is 78.9 Å². The summed E-state index contributed by atoms with van der Waals surface area (Å²) in [5.74, 6) is -0.314. The van der Waals surface area contributed by atoms with Crippen LogP contribution in [0.2, 0.25) is 0 Å². The molecule has 2 N–H and O–H groups in total. The molecule has 0 aromatic heterocycles. The molecule has 4 rings (SSSR count). The van der Waals surface area contributed by atoms with Gasteiger partial charge in [0, 0.05) is 5.56 Å². The molecule has 0 saturated carbocycles. The van der Waals surface area contributed by atoms with E-state index >= 15 is 0 Å². The molecule has 0 spiro atoms. The molecule has 0 saturated heterocycles. The Morgan fingerprint density at radius 2 is 1.64 bits per heavy atom. The lowest BCUT2D eigenvalue weighted by molar-refractivity contribution is -0.120. The van der Waals surface area contributed by atoms with Gasteiger partial charge in [0.15, 0.2) is 6.29 Å². The minimum atomic E-state index is -0.240. The van der Waals surface area contributed by atoms with Crippen molar-refractivity contribution in [3.63, 3.8) is 0 Å². The zero-order chi connectivity index (χ0) is 17.6. The van der Waals surface area contributed by atoms with Crippen molar-refractivity contribution in [3.8, 4) is 0 Å². The summed E-state index contributed by atoms with van der Waals surface area (Å²) in [5, 5.41) is 4.48. The predicted octanol–water partition coefficient (Wildman–Crippen LogP) is 4.41. The van der Waals surface area contributed by atoms with E-state index in [9.17, 15) is 9.59 Å². The van der Waals surface area contributed by atoms with Crippen molar-refractivity contribution < 1.29 is 9.59 Å². The van der Waals surface area contributed by atoms with Gasteiger partial charge in [-0.3, -0.25) is 9.59 Å². The van der Waals surface area contributed by atoms with Gasteiger partial charge in [-0.25, -0.2) is 0 Å². The maximum Gasteiger partial charge on any atom is 0.224 e. The minimum absolute atomic E-state index is 0.0741. The summed E-state index contributed by atoms with van der Waals surface area (Å²) in [5.41, 5.74) is 5.80. The largest absolute Gasteiger partial charge is 0.369 e. The van der Waals surface area contributed by atoms with E-state index in [4.69, 9.17) is 5.73 Å². The smallest absolute Gasteiger partial charge is 0.224 e. The fourth-order valence-electron chi connectivity index (χ4n) is 2.97. The van der Waals surface area contributed by atoms with Crippen LogP contribution in [0.25, 0.3) is 21.5 Å². The maximum atomic E-state index is 11.1. The Labute approximate surface area is 146 Å². The third-order valence-electron chi connectivity index (χ3n) is 4.27. The van der Waals surface area contributed by atoms with E-state index in [1.807, 2.05) is 66.8 Å². The van der Waals surface area contributed by atoms with Gasteiger partial charge in [-0.1, -0.05) is 72.8 Å². The summed E-state index contributed by atoms with van der Waals surface area (Å²) in [6.07, 6.45) is 9.21. The molecule has 0 bridgehead atoms. The first-order chi connectivity index (χ1) is 12.2. The van der Waals surface area contributed by atoms with Crippen LogP contribution in [0.5, 0.6) is 0 Å². The van der Waals surface area contributed by atoms with Crippen molar-refractivity contribution in [1.82, 2.24) is 0 Å². The van der Waals surface area contributed by atoms with E-state index in [1.54, 1.807) is 0 Å². The summed E-state index contributed by atoms with van der Waals surface area (Å²) in [7, 11) is 0. The van der Waals surface area contributed by atoms with Gasteiger partial charge in [0.05, 0.1) is 5.92 Å². The van der Waals surface area contributed by atoms with Crippen LogP contribution in [-0.2, 0) is 4.79 Å². The monoisotopic (exact) mass is 329 g/mol. The average molecular weight is 329 g/mol. The van der Waals surface area contributed by atoms with E-state index in [-0.39, 0.29) is 11.8 Å². The number of fused-ring (bicyclic) bond motifs is 3. The van der Waals surface area contributed by atoms with E-state index in [0.29, 0.717) is 0 Å². The molecule has 1 unspecified atom stereocenters. The van der Waals surface area contributed by atoms with Crippen LogP contribution >= 0.6 is 0 Å².